The van der Waals surface area contributed by atoms with Gasteiger partial charge >= 0.3 is 0 Å². The van der Waals surface area contributed by atoms with Crippen molar-refractivity contribution in [2.24, 2.45) is 0 Å². The lowest BCUT2D eigenvalue weighted by atomic mass is 9.93. The lowest BCUT2D eigenvalue weighted by molar-refractivity contribution is -0.0636. The summed E-state index contributed by atoms with van der Waals surface area (Å²) in [6, 6.07) is 0. The first kappa shape index (κ1) is 14.9. The van der Waals surface area contributed by atoms with E-state index >= 15 is 0 Å². The van der Waals surface area contributed by atoms with Gasteiger partial charge in [-0.15, -0.1) is 0 Å². The zero-order valence-corrected chi connectivity index (χ0v) is 12.7. The minimum absolute atomic E-state index is 0.325. The number of hydrogen-bond donors (Lipinski definition) is 2. The van der Waals surface area contributed by atoms with E-state index in [1.807, 2.05) is 6.92 Å². The van der Waals surface area contributed by atoms with Crippen LogP contribution in [0.5, 0.6) is 0 Å². The molecular formula is C15H25N3O3. The first-order valence-corrected chi connectivity index (χ1v) is 8.10. The second-order valence-electron chi connectivity index (χ2n) is 6.22. The number of nitrogens with zero attached hydrogens (tertiary/aromatic N) is 2. The van der Waals surface area contributed by atoms with Crippen molar-refractivity contribution in [3.63, 3.8) is 0 Å². The van der Waals surface area contributed by atoms with Crippen molar-refractivity contribution in [1.29, 1.82) is 0 Å². The maximum Gasteiger partial charge on any atom is 0.260 e. The number of nitrogens with one attached hydrogen (secondary N) is 1. The summed E-state index contributed by atoms with van der Waals surface area (Å²) in [6.45, 7) is 3.87. The molecule has 1 aromatic rings. The second kappa shape index (κ2) is 6.02. The molecule has 1 saturated heterocycles. The van der Waals surface area contributed by atoms with Gasteiger partial charge in [0.1, 0.15) is 5.60 Å². The molecule has 2 aliphatic rings. The summed E-state index contributed by atoms with van der Waals surface area (Å²) >= 11 is 0. The predicted octanol–water partition coefficient (Wildman–Crippen LogP) is 1.84. The van der Waals surface area contributed by atoms with Crippen LogP contribution in [0.3, 0.4) is 0 Å². The molecule has 1 unspecified atom stereocenters. The fourth-order valence-corrected chi connectivity index (χ4v) is 3.47. The number of rotatable bonds is 4. The zero-order valence-electron chi connectivity index (χ0n) is 12.7. The topological polar surface area (TPSA) is 80.4 Å². The van der Waals surface area contributed by atoms with Gasteiger partial charge < -0.3 is 19.7 Å². The van der Waals surface area contributed by atoms with Crippen LogP contribution >= 0.6 is 0 Å². The number of aromatic nitrogens is 2. The van der Waals surface area contributed by atoms with Gasteiger partial charge in [0.05, 0.1) is 0 Å². The molecule has 1 aliphatic carbocycles. The van der Waals surface area contributed by atoms with E-state index in [0.717, 1.165) is 32.2 Å². The highest BCUT2D eigenvalue weighted by Crippen LogP contribution is 2.39. The van der Waals surface area contributed by atoms with Gasteiger partial charge in [-0.3, -0.25) is 0 Å². The Labute approximate surface area is 125 Å². The predicted molar refractivity (Wildman–Crippen MR) is 76.7 cm³/mol. The smallest absolute Gasteiger partial charge is 0.260 e. The number of β-amino-alcohol motifs (C(OH)–C–C–N with tert-alkyl or cyclic N) is 1. The van der Waals surface area contributed by atoms with Gasteiger partial charge in [-0.05, 0) is 32.7 Å². The minimum Gasteiger partial charge on any atom is -0.379 e. The molecule has 118 valence electrons. The highest BCUT2D eigenvalue weighted by molar-refractivity contribution is 5.08. The summed E-state index contributed by atoms with van der Waals surface area (Å²) in [5.74, 6) is 0.937. The lowest BCUT2D eigenvalue weighted by Gasteiger charge is -2.29. The van der Waals surface area contributed by atoms with Crippen LogP contribution in [0.4, 0.5) is 0 Å². The van der Waals surface area contributed by atoms with Crippen molar-refractivity contribution in [1.82, 2.24) is 15.5 Å². The maximum absolute atomic E-state index is 10.5. The van der Waals surface area contributed by atoms with Crippen LogP contribution in [0, 0.1) is 0 Å². The highest BCUT2D eigenvalue weighted by atomic mass is 16.5. The van der Waals surface area contributed by atoms with Crippen LogP contribution < -0.4 is 5.32 Å². The molecule has 0 radical (unpaired) electrons. The van der Waals surface area contributed by atoms with Crippen LogP contribution in [0.2, 0.25) is 0 Å². The van der Waals surface area contributed by atoms with Crippen molar-refractivity contribution in [3.05, 3.63) is 11.7 Å². The SMILES string of the molecule is CCOC1(c2noc(C3(O)CCNC3)n2)CCCCCC1. The van der Waals surface area contributed by atoms with Gasteiger partial charge in [-0.2, -0.15) is 4.98 Å². The molecule has 0 aromatic carbocycles. The van der Waals surface area contributed by atoms with E-state index < -0.39 is 11.2 Å². The molecule has 2 fully saturated rings. The summed E-state index contributed by atoms with van der Waals surface area (Å²) < 4.78 is 11.4. The van der Waals surface area contributed by atoms with Gasteiger partial charge in [-0.25, -0.2) is 0 Å². The Morgan fingerprint density at radius 1 is 1.24 bits per heavy atom. The minimum atomic E-state index is -1.02. The van der Waals surface area contributed by atoms with Gasteiger partial charge in [0.15, 0.2) is 5.60 Å². The molecule has 0 spiro atoms. The first-order valence-electron chi connectivity index (χ1n) is 8.10. The average Bonchev–Trinajstić information content (AvgIpc) is 3.07. The van der Waals surface area contributed by atoms with E-state index in [9.17, 15) is 5.11 Å². The average molecular weight is 295 g/mol. The zero-order chi connectivity index (χ0) is 14.8. The summed E-state index contributed by atoms with van der Waals surface area (Å²) in [6.07, 6.45) is 7.16. The Bertz CT molecular complexity index is 460. The number of aliphatic hydroxyl groups is 1. The fourth-order valence-electron chi connectivity index (χ4n) is 3.47. The Balaban J connectivity index is 1.87. The van der Waals surface area contributed by atoms with Crippen LogP contribution in [-0.2, 0) is 15.9 Å². The van der Waals surface area contributed by atoms with Crippen molar-refractivity contribution < 1.29 is 14.4 Å². The molecule has 3 rings (SSSR count). The van der Waals surface area contributed by atoms with Crippen LogP contribution in [0.15, 0.2) is 4.52 Å². The molecule has 1 atom stereocenters. The lowest BCUT2D eigenvalue weighted by Crippen LogP contribution is -2.32. The Morgan fingerprint density at radius 3 is 2.62 bits per heavy atom. The van der Waals surface area contributed by atoms with Gasteiger partial charge in [-0.1, -0.05) is 30.8 Å². The number of hydrogen-bond acceptors (Lipinski definition) is 6. The van der Waals surface area contributed by atoms with Gasteiger partial charge in [0, 0.05) is 13.2 Å². The largest absolute Gasteiger partial charge is 0.379 e. The van der Waals surface area contributed by atoms with Crippen molar-refractivity contribution in [3.8, 4) is 0 Å². The van der Waals surface area contributed by atoms with Crippen LogP contribution in [-0.4, -0.2) is 34.9 Å². The van der Waals surface area contributed by atoms with E-state index in [1.54, 1.807) is 0 Å². The van der Waals surface area contributed by atoms with E-state index in [4.69, 9.17) is 9.26 Å². The maximum atomic E-state index is 10.5. The summed E-state index contributed by atoms with van der Waals surface area (Å²) in [5, 5.41) is 17.8. The van der Waals surface area contributed by atoms with Gasteiger partial charge in [0.2, 0.25) is 5.82 Å². The third kappa shape index (κ3) is 2.84. The van der Waals surface area contributed by atoms with Crippen molar-refractivity contribution in [2.75, 3.05) is 19.7 Å². The van der Waals surface area contributed by atoms with E-state index in [0.29, 0.717) is 31.3 Å². The van der Waals surface area contributed by atoms with E-state index in [-0.39, 0.29) is 0 Å². The molecule has 0 amide bonds. The van der Waals surface area contributed by atoms with Crippen LogP contribution in [0.25, 0.3) is 0 Å². The molecule has 6 nitrogen and oxygen atoms in total. The van der Waals surface area contributed by atoms with E-state index in [2.05, 4.69) is 15.5 Å². The summed E-state index contributed by atoms with van der Waals surface area (Å²) in [7, 11) is 0. The molecule has 2 N–H and O–H groups in total. The second-order valence-corrected chi connectivity index (χ2v) is 6.22. The fraction of sp³-hybridized carbons (Fsp3) is 0.867. The first-order chi connectivity index (χ1) is 10.2. The Hall–Kier alpha value is -0.980. The monoisotopic (exact) mass is 295 g/mol. The standard InChI is InChI=1S/C15H25N3O3/c1-2-20-15(7-5-3-4-6-8-15)12-17-13(21-18-12)14(19)9-10-16-11-14/h16,19H,2-11H2,1H3. The third-order valence-corrected chi connectivity index (χ3v) is 4.70. The molecule has 1 aliphatic heterocycles. The summed E-state index contributed by atoms with van der Waals surface area (Å²) in [5.41, 5.74) is -1.46. The molecule has 6 heteroatoms. The van der Waals surface area contributed by atoms with Crippen LogP contribution in [0.1, 0.15) is 63.6 Å². The molecule has 0 bridgehead atoms. The number of ether oxygens (including phenoxy) is 1. The normalized spacial score (nSPS) is 29.4. The molecule has 1 saturated carbocycles. The third-order valence-electron chi connectivity index (χ3n) is 4.70. The summed E-state index contributed by atoms with van der Waals surface area (Å²) in [4.78, 5) is 4.53. The Morgan fingerprint density at radius 2 is 2.00 bits per heavy atom. The molecular weight excluding hydrogens is 270 g/mol. The van der Waals surface area contributed by atoms with Gasteiger partial charge in [0.25, 0.3) is 5.89 Å². The Kier molecular flexibility index (Phi) is 4.28. The molecule has 2 heterocycles. The van der Waals surface area contributed by atoms with Crippen molar-refractivity contribution >= 4 is 0 Å². The molecule has 21 heavy (non-hydrogen) atoms. The van der Waals surface area contributed by atoms with E-state index in [1.165, 1.54) is 12.8 Å². The quantitative estimate of drug-likeness (QED) is 0.825. The highest BCUT2D eigenvalue weighted by Gasteiger charge is 2.43. The van der Waals surface area contributed by atoms with Crippen molar-refractivity contribution in [2.45, 2.75) is 63.1 Å². The molecule has 1 aromatic heterocycles.